The summed E-state index contributed by atoms with van der Waals surface area (Å²) < 4.78 is 0. The second kappa shape index (κ2) is 5.73. The lowest BCUT2D eigenvalue weighted by atomic mass is 9.95. The average Bonchev–Trinajstić information content (AvgIpc) is 3.07. The second-order valence-electron chi connectivity index (χ2n) is 6.44. The molecule has 0 unspecified atom stereocenters. The second-order valence-corrected chi connectivity index (χ2v) is 6.81. The van der Waals surface area contributed by atoms with Crippen molar-refractivity contribution in [2.24, 2.45) is 17.3 Å². The standard InChI is InChI=1S/C20H19ClO/c1-20(2)17(18(20)19(21)22)13-16(14-9-5-3-6-10-14)15-11-7-4-8-12-15/h3-13,17-18H,1-2H3/t17-,18+/m1/s1. The van der Waals surface area contributed by atoms with Crippen LogP contribution < -0.4 is 0 Å². The van der Waals surface area contributed by atoms with Crippen LogP contribution in [0.2, 0.25) is 0 Å². The van der Waals surface area contributed by atoms with Crippen molar-refractivity contribution in [2.75, 3.05) is 0 Å². The maximum Gasteiger partial charge on any atom is 0.225 e. The molecule has 0 amide bonds. The Bertz CT molecular complexity index is 660. The van der Waals surface area contributed by atoms with Gasteiger partial charge >= 0.3 is 0 Å². The average molecular weight is 311 g/mol. The van der Waals surface area contributed by atoms with Gasteiger partial charge in [-0.2, -0.15) is 0 Å². The lowest BCUT2D eigenvalue weighted by Crippen LogP contribution is -1.96. The molecule has 0 N–H and O–H groups in total. The lowest BCUT2D eigenvalue weighted by Gasteiger charge is -2.09. The highest BCUT2D eigenvalue weighted by Gasteiger charge is 2.60. The van der Waals surface area contributed by atoms with Gasteiger partial charge in [-0.05, 0) is 39.6 Å². The number of halogens is 1. The molecule has 0 radical (unpaired) electrons. The molecule has 2 aromatic rings. The van der Waals surface area contributed by atoms with E-state index < -0.39 is 0 Å². The molecular formula is C20H19ClO. The molecule has 1 saturated carbocycles. The molecule has 0 spiro atoms. The molecule has 1 aliphatic carbocycles. The summed E-state index contributed by atoms with van der Waals surface area (Å²) >= 11 is 5.76. The van der Waals surface area contributed by atoms with Crippen molar-refractivity contribution in [1.82, 2.24) is 0 Å². The summed E-state index contributed by atoms with van der Waals surface area (Å²) in [6.07, 6.45) is 2.22. The Morgan fingerprint density at radius 1 is 0.955 bits per heavy atom. The topological polar surface area (TPSA) is 17.1 Å². The first-order valence-corrected chi connectivity index (χ1v) is 7.91. The molecule has 2 aromatic carbocycles. The summed E-state index contributed by atoms with van der Waals surface area (Å²) in [5.74, 6) is 0.101. The molecule has 0 saturated heterocycles. The summed E-state index contributed by atoms with van der Waals surface area (Å²) in [6, 6.07) is 20.6. The molecule has 22 heavy (non-hydrogen) atoms. The molecule has 0 heterocycles. The molecule has 2 heteroatoms. The maximum absolute atomic E-state index is 11.6. The highest BCUT2D eigenvalue weighted by Crippen LogP contribution is 2.60. The third-order valence-corrected chi connectivity index (χ3v) is 4.91. The van der Waals surface area contributed by atoms with Crippen LogP contribution in [-0.2, 0) is 4.79 Å². The highest BCUT2D eigenvalue weighted by atomic mass is 35.5. The summed E-state index contributed by atoms with van der Waals surface area (Å²) in [5.41, 5.74) is 3.43. The summed E-state index contributed by atoms with van der Waals surface area (Å²) in [7, 11) is 0. The molecule has 112 valence electrons. The molecule has 1 aliphatic rings. The Hall–Kier alpha value is -1.86. The van der Waals surface area contributed by atoms with E-state index in [2.05, 4.69) is 44.2 Å². The first-order valence-electron chi connectivity index (χ1n) is 7.54. The van der Waals surface area contributed by atoms with Gasteiger partial charge in [0.25, 0.3) is 0 Å². The van der Waals surface area contributed by atoms with Gasteiger partial charge in [0.1, 0.15) is 0 Å². The zero-order valence-corrected chi connectivity index (χ0v) is 13.5. The predicted octanol–water partition coefficient (Wildman–Crippen LogP) is 5.16. The van der Waals surface area contributed by atoms with Crippen LogP contribution in [0.25, 0.3) is 5.57 Å². The van der Waals surface area contributed by atoms with E-state index in [1.807, 2.05) is 36.4 Å². The van der Waals surface area contributed by atoms with Crippen LogP contribution in [0.3, 0.4) is 0 Å². The van der Waals surface area contributed by atoms with Gasteiger partial charge < -0.3 is 0 Å². The molecule has 1 fully saturated rings. The third kappa shape index (κ3) is 2.74. The van der Waals surface area contributed by atoms with Gasteiger partial charge in [-0.25, -0.2) is 0 Å². The van der Waals surface area contributed by atoms with Crippen molar-refractivity contribution in [2.45, 2.75) is 13.8 Å². The Labute approximate surface area is 136 Å². The number of carbonyl (C=O) groups excluding carboxylic acids is 1. The normalized spacial score (nSPS) is 22.0. The fourth-order valence-corrected chi connectivity index (χ4v) is 3.61. The van der Waals surface area contributed by atoms with Crippen molar-refractivity contribution >= 4 is 22.4 Å². The van der Waals surface area contributed by atoms with Crippen LogP contribution in [0.1, 0.15) is 25.0 Å². The van der Waals surface area contributed by atoms with E-state index >= 15 is 0 Å². The van der Waals surface area contributed by atoms with Crippen molar-refractivity contribution in [3.05, 3.63) is 77.9 Å². The van der Waals surface area contributed by atoms with Crippen LogP contribution >= 0.6 is 11.6 Å². The van der Waals surface area contributed by atoms with E-state index in [1.165, 1.54) is 5.57 Å². The minimum absolute atomic E-state index is 0.0619. The van der Waals surface area contributed by atoms with Crippen LogP contribution in [0.5, 0.6) is 0 Å². The van der Waals surface area contributed by atoms with Crippen molar-refractivity contribution in [1.29, 1.82) is 0 Å². The smallest absolute Gasteiger partial charge is 0.225 e. The Kier molecular flexibility index (Phi) is 3.92. The Morgan fingerprint density at radius 3 is 1.77 bits per heavy atom. The van der Waals surface area contributed by atoms with Gasteiger partial charge in [0.05, 0.1) is 0 Å². The van der Waals surface area contributed by atoms with Crippen LogP contribution in [0.4, 0.5) is 0 Å². The van der Waals surface area contributed by atoms with E-state index in [1.54, 1.807) is 0 Å². The molecule has 1 nitrogen and oxygen atoms in total. The van der Waals surface area contributed by atoms with E-state index in [0.717, 1.165) is 11.1 Å². The molecular weight excluding hydrogens is 292 g/mol. The van der Waals surface area contributed by atoms with Crippen LogP contribution in [0, 0.1) is 17.3 Å². The van der Waals surface area contributed by atoms with E-state index in [4.69, 9.17) is 11.6 Å². The van der Waals surface area contributed by atoms with E-state index in [0.29, 0.717) is 0 Å². The number of carbonyl (C=O) groups is 1. The van der Waals surface area contributed by atoms with Crippen molar-refractivity contribution in [3.8, 4) is 0 Å². The first-order chi connectivity index (χ1) is 10.5. The van der Waals surface area contributed by atoms with Crippen molar-refractivity contribution < 1.29 is 4.79 Å². The number of hydrogen-bond donors (Lipinski definition) is 0. The number of rotatable bonds is 4. The Balaban J connectivity index is 2.04. The minimum Gasteiger partial charge on any atom is -0.281 e. The van der Waals surface area contributed by atoms with Gasteiger partial charge in [-0.1, -0.05) is 80.6 Å². The number of hydrogen-bond acceptors (Lipinski definition) is 1. The zero-order chi connectivity index (χ0) is 15.7. The molecule has 0 aliphatic heterocycles. The third-order valence-electron chi connectivity index (χ3n) is 4.67. The van der Waals surface area contributed by atoms with Gasteiger partial charge in [-0.3, -0.25) is 4.79 Å². The maximum atomic E-state index is 11.6. The van der Waals surface area contributed by atoms with Gasteiger partial charge in [-0.15, -0.1) is 0 Å². The summed E-state index contributed by atoms with van der Waals surface area (Å²) in [6.45, 7) is 4.21. The molecule has 3 rings (SSSR count). The highest BCUT2D eigenvalue weighted by molar-refractivity contribution is 6.64. The Morgan fingerprint density at radius 2 is 1.41 bits per heavy atom. The largest absolute Gasteiger partial charge is 0.281 e. The van der Waals surface area contributed by atoms with Gasteiger partial charge in [0.15, 0.2) is 0 Å². The SMILES string of the molecule is CC1(C)[C@H](C=C(c2ccccc2)c2ccccc2)[C@H]1C(=O)Cl. The van der Waals surface area contributed by atoms with E-state index in [9.17, 15) is 4.79 Å². The number of allylic oxidation sites excluding steroid dienone is 1. The number of benzene rings is 2. The van der Waals surface area contributed by atoms with Crippen molar-refractivity contribution in [3.63, 3.8) is 0 Å². The quantitative estimate of drug-likeness (QED) is 0.713. The van der Waals surface area contributed by atoms with E-state index in [-0.39, 0.29) is 22.5 Å². The molecule has 2 atom stereocenters. The molecule has 0 bridgehead atoms. The fraction of sp³-hybridized carbons (Fsp3) is 0.250. The van der Waals surface area contributed by atoms with Crippen LogP contribution in [0.15, 0.2) is 66.7 Å². The van der Waals surface area contributed by atoms with Crippen LogP contribution in [-0.4, -0.2) is 5.24 Å². The zero-order valence-electron chi connectivity index (χ0n) is 12.8. The van der Waals surface area contributed by atoms with Gasteiger partial charge in [0.2, 0.25) is 5.24 Å². The van der Waals surface area contributed by atoms with Gasteiger partial charge in [0, 0.05) is 5.92 Å². The fourth-order valence-electron chi connectivity index (χ4n) is 3.20. The molecule has 0 aromatic heterocycles. The monoisotopic (exact) mass is 310 g/mol. The minimum atomic E-state index is -0.230. The summed E-state index contributed by atoms with van der Waals surface area (Å²) in [4.78, 5) is 11.6. The first kappa shape index (κ1) is 15.1. The summed E-state index contributed by atoms with van der Waals surface area (Å²) in [5, 5.41) is -0.230. The predicted molar refractivity (Wildman–Crippen MR) is 91.6 cm³/mol. The lowest BCUT2D eigenvalue weighted by molar-refractivity contribution is -0.113.